The molecule has 156 valence electrons. The van der Waals surface area contributed by atoms with Gasteiger partial charge in [0.15, 0.2) is 0 Å². The smallest absolute Gasteiger partial charge is 0.256 e. The number of amides is 1. The highest BCUT2D eigenvalue weighted by Gasteiger charge is 2.16. The molecule has 1 heterocycles. The predicted molar refractivity (Wildman–Crippen MR) is 130 cm³/mol. The number of methoxy groups -OCH3 is 1. The van der Waals surface area contributed by atoms with Crippen LogP contribution in [0.1, 0.15) is 21.5 Å². The first-order valence-electron chi connectivity index (χ1n) is 9.68. The van der Waals surface area contributed by atoms with Crippen molar-refractivity contribution in [2.24, 2.45) is 0 Å². The summed E-state index contributed by atoms with van der Waals surface area (Å²) in [5.74, 6) is 0.548. The number of hydrogen-bond donors (Lipinski definition) is 1. The van der Waals surface area contributed by atoms with E-state index in [1.807, 2.05) is 50.2 Å². The van der Waals surface area contributed by atoms with Gasteiger partial charge in [0.25, 0.3) is 5.91 Å². The van der Waals surface area contributed by atoms with Gasteiger partial charge < -0.3 is 10.1 Å². The zero-order chi connectivity index (χ0) is 22.1. The minimum atomic E-state index is -0.217. The van der Waals surface area contributed by atoms with Gasteiger partial charge in [0.1, 0.15) is 5.75 Å². The summed E-state index contributed by atoms with van der Waals surface area (Å²) in [6.07, 6.45) is 0. The van der Waals surface area contributed by atoms with Crippen molar-refractivity contribution >= 4 is 50.0 Å². The van der Waals surface area contributed by atoms with Crippen LogP contribution in [0.2, 0.25) is 5.02 Å². The highest BCUT2D eigenvalue weighted by atomic mass is 79.9. The molecule has 0 saturated heterocycles. The van der Waals surface area contributed by atoms with Crippen LogP contribution in [0.4, 0.5) is 5.69 Å². The van der Waals surface area contributed by atoms with Gasteiger partial charge in [-0.2, -0.15) is 0 Å². The zero-order valence-electron chi connectivity index (χ0n) is 17.3. The van der Waals surface area contributed by atoms with Gasteiger partial charge in [-0.1, -0.05) is 23.2 Å². The van der Waals surface area contributed by atoms with Crippen LogP contribution >= 0.6 is 27.5 Å². The lowest BCUT2D eigenvalue weighted by molar-refractivity contribution is 0.102. The van der Waals surface area contributed by atoms with E-state index < -0.39 is 0 Å². The first-order chi connectivity index (χ1) is 14.9. The van der Waals surface area contributed by atoms with E-state index in [2.05, 4.69) is 27.3 Å². The molecule has 0 spiro atoms. The van der Waals surface area contributed by atoms with Crippen LogP contribution in [0.3, 0.4) is 0 Å². The van der Waals surface area contributed by atoms with E-state index in [1.165, 1.54) is 0 Å². The number of carbonyl (C=O) groups excluding carboxylic acids is 1. The van der Waals surface area contributed by atoms with E-state index in [0.29, 0.717) is 16.3 Å². The molecule has 0 atom stereocenters. The van der Waals surface area contributed by atoms with Crippen molar-refractivity contribution in [3.8, 4) is 17.0 Å². The number of aryl methyl sites for hydroxylation is 2. The molecule has 0 saturated carbocycles. The molecular formula is C25H20BrClN2O2. The van der Waals surface area contributed by atoms with Gasteiger partial charge in [-0.25, -0.2) is 4.98 Å². The van der Waals surface area contributed by atoms with Gasteiger partial charge in [-0.3, -0.25) is 4.79 Å². The Morgan fingerprint density at radius 3 is 2.45 bits per heavy atom. The van der Waals surface area contributed by atoms with Crippen LogP contribution in [0.15, 0.2) is 65.1 Å². The summed E-state index contributed by atoms with van der Waals surface area (Å²) in [5.41, 5.74) is 5.71. The third-order valence-electron chi connectivity index (χ3n) is 5.06. The monoisotopic (exact) mass is 494 g/mol. The lowest BCUT2D eigenvalue weighted by Crippen LogP contribution is -2.13. The number of anilines is 1. The summed E-state index contributed by atoms with van der Waals surface area (Å²) in [7, 11) is 1.63. The Hall–Kier alpha value is -2.89. The number of carbonyl (C=O) groups is 1. The zero-order valence-corrected chi connectivity index (χ0v) is 19.6. The molecule has 1 amide bonds. The average molecular weight is 496 g/mol. The first kappa shape index (κ1) is 21.3. The molecule has 0 unspecified atom stereocenters. The predicted octanol–water partition coefficient (Wildman–Crippen LogP) is 7.20. The number of hydrogen-bond acceptors (Lipinski definition) is 3. The van der Waals surface area contributed by atoms with Gasteiger partial charge in [-0.15, -0.1) is 0 Å². The molecule has 0 aliphatic rings. The summed E-state index contributed by atoms with van der Waals surface area (Å²) in [6, 6.07) is 18.9. The van der Waals surface area contributed by atoms with Crippen molar-refractivity contribution < 1.29 is 9.53 Å². The Labute approximate surface area is 194 Å². The van der Waals surface area contributed by atoms with Crippen molar-refractivity contribution in [2.75, 3.05) is 12.4 Å². The summed E-state index contributed by atoms with van der Waals surface area (Å²) >= 11 is 9.56. The minimum absolute atomic E-state index is 0.217. The summed E-state index contributed by atoms with van der Waals surface area (Å²) in [4.78, 5) is 18.2. The highest BCUT2D eigenvalue weighted by molar-refractivity contribution is 9.10. The van der Waals surface area contributed by atoms with Crippen molar-refractivity contribution in [3.05, 3.63) is 86.8 Å². The van der Waals surface area contributed by atoms with Crippen LogP contribution in [-0.2, 0) is 0 Å². The van der Waals surface area contributed by atoms with Gasteiger partial charge in [0.05, 0.1) is 28.9 Å². The van der Waals surface area contributed by atoms with E-state index in [-0.39, 0.29) is 5.91 Å². The molecule has 6 heteroatoms. The number of nitrogens with zero attached hydrogens (tertiary/aromatic N) is 1. The Balaban J connectivity index is 1.84. The van der Waals surface area contributed by atoms with Crippen LogP contribution in [-0.4, -0.2) is 18.0 Å². The third-order valence-corrected chi connectivity index (χ3v) is 6.29. The van der Waals surface area contributed by atoms with E-state index in [9.17, 15) is 4.79 Å². The average Bonchev–Trinajstić information content (AvgIpc) is 2.75. The number of fused-ring (bicyclic) bond motifs is 1. The van der Waals surface area contributed by atoms with E-state index in [1.54, 1.807) is 25.3 Å². The van der Waals surface area contributed by atoms with Gasteiger partial charge in [0.2, 0.25) is 0 Å². The second-order valence-corrected chi connectivity index (χ2v) is 8.61. The van der Waals surface area contributed by atoms with Crippen LogP contribution in [0, 0.1) is 13.8 Å². The summed E-state index contributed by atoms with van der Waals surface area (Å²) in [6.45, 7) is 4.02. The van der Waals surface area contributed by atoms with Crippen LogP contribution in [0.5, 0.6) is 5.75 Å². The number of benzene rings is 3. The summed E-state index contributed by atoms with van der Waals surface area (Å²) < 4.78 is 6.03. The number of aromatic nitrogens is 1. The molecule has 4 rings (SSSR count). The fourth-order valence-corrected chi connectivity index (χ4v) is 3.98. The lowest BCUT2D eigenvalue weighted by atomic mass is 9.99. The Bertz CT molecular complexity index is 1300. The molecule has 0 aliphatic carbocycles. The maximum absolute atomic E-state index is 13.3. The number of rotatable bonds is 4. The fourth-order valence-electron chi connectivity index (χ4n) is 3.55. The van der Waals surface area contributed by atoms with E-state index in [4.69, 9.17) is 21.3 Å². The molecule has 0 fully saturated rings. The SMILES string of the molecule is COc1ccc(-c2cc(C(=O)Nc3ccc(Br)c(Cl)c3)c3cc(C)cc(C)c3n2)cc1. The molecule has 1 N–H and O–H groups in total. The third kappa shape index (κ3) is 4.43. The number of halogens is 2. The largest absolute Gasteiger partial charge is 0.497 e. The minimum Gasteiger partial charge on any atom is -0.497 e. The fraction of sp³-hybridized carbons (Fsp3) is 0.120. The van der Waals surface area contributed by atoms with Crippen molar-refractivity contribution in [2.45, 2.75) is 13.8 Å². The van der Waals surface area contributed by atoms with Gasteiger partial charge >= 0.3 is 0 Å². The topological polar surface area (TPSA) is 51.2 Å². The molecule has 31 heavy (non-hydrogen) atoms. The molecule has 0 bridgehead atoms. The lowest BCUT2D eigenvalue weighted by Gasteiger charge is -2.13. The molecule has 4 nitrogen and oxygen atoms in total. The van der Waals surface area contributed by atoms with Crippen molar-refractivity contribution in [1.82, 2.24) is 4.98 Å². The maximum atomic E-state index is 13.3. The Morgan fingerprint density at radius 2 is 1.77 bits per heavy atom. The van der Waals surface area contributed by atoms with E-state index in [0.717, 1.165) is 43.5 Å². The Morgan fingerprint density at radius 1 is 1.03 bits per heavy atom. The second kappa shape index (κ2) is 8.69. The number of pyridine rings is 1. The Kier molecular flexibility index (Phi) is 5.99. The molecule has 0 aliphatic heterocycles. The van der Waals surface area contributed by atoms with Crippen molar-refractivity contribution in [1.29, 1.82) is 0 Å². The quantitative estimate of drug-likeness (QED) is 0.326. The van der Waals surface area contributed by atoms with Gasteiger partial charge in [0, 0.05) is 21.1 Å². The van der Waals surface area contributed by atoms with Crippen LogP contribution < -0.4 is 10.1 Å². The summed E-state index contributed by atoms with van der Waals surface area (Å²) in [5, 5.41) is 4.31. The first-order valence-corrected chi connectivity index (χ1v) is 10.9. The molecule has 4 aromatic rings. The highest BCUT2D eigenvalue weighted by Crippen LogP contribution is 2.30. The molecule has 3 aromatic carbocycles. The molecule has 1 aromatic heterocycles. The van der Waals surface area contributed by atoms with Gasteiger partial charge in [-0.05, 0) is 89.9 Å². The normalized spacial score (nSPS) is 10.9. The maximum Gasteiger partial charge on any atom is 0.256 e. The van der Waals surface area contributed by atoms with Crippen LogP contribution in [0.25, 0.3) is 22.2 Å². The molecular weight excluding hydrogens is 476 g/mol. The molecule has 0 radical (unpaired) electrons. The van der Waals surface area contributed by atoms with E-state index >= 15 is 0 Å². The standard InChI is InChI=1S/C25H20BrClN2O2/c1-14-10-15(2)24-19(11-14)20(25(30)28-17-6-9-21(26)22(27)12-17)13-23(29-24)16-4-7-18(31-3)8-5-16/h4-13H,1-3H3,(H,28,30). The van der Waals surface area contributed by atoms with Crippen molar-refractivity contribution in [3.63, 3.8) is 0 Å². The number of ether oxygens (including phenoxy) is 1. The second-order valence-electron chi connectivity index (χ2n) is 7.34. The number of nitrogens with one attached hydrogen (secondary N) is 1.